The maximum Gasteiger partial charge on any atom is 0.253 e. The van der Waals surface area contributed by atoms with Crippen molar-refractivity contribution in [1.82, 2.24) is 14.9 Å². The molecule has 1 amide bonds. The molecule has 3 N–H and O–H groups in total. The molecule has 8 nitrogen and oxygen atoms in total. The number of carbonyl (C=O) groups excluding carboxylic acids is 1. The van der Waals surface area contributed by atoms with Crippen LogP contribution < -0.4 is 15.4 Å². The summed E-state index contributed by atoms with van der Waals surface area (Å²) >= 11 is 0. The summed E-state index contributed by atoms with van der Waals surface area (Å²) < 4.78 is 5.51. The average molecular weight is 422 g/mol. The topological polar surface area (TPSA) is 105 Å². The lowest BCUT2D eigenvalue weighted by molar-refractivity contribution is 0.0264. The number of pyridine rings is 2. The average Bonchev–Trinajstić information content (AvgIpc) is 3.18. The van der Waals surface area contributed by atoms with Crippen molar-refractivity contribution in [3.8, 4) is 5.75 Å². The number of fused-ring (bicyclic) bond motifs is 1. The zero-order chi connectivity index (χ0) is 21.8. The molecule has 1 atom stereocenters. The number of ether oxygens (including phenoxy) is 1. The molecule has 0 spiro atoms. The summed E-state index contributed by atoms with van der Waals surface area (Å²) in [5, 5.41) is 11.2. The third-order valence-corrected chi connectivity index (χ3v) is 5.49. The fourth-order valence-corrected chi connectivity index (χ4v) is 4.04. The normalized spacial score (nSPS) is 18.4. The first kappa shape index (κ1) is 21.0. The van der Waals surface area contributed by atoms with Gasteiger partial charge in [-0.05, 0) is 42.8 Å². The molecule has 3 aromatic rings. The molecular weight excluding hydrogens is 394 g/mol. The summed E-state index contributed by atoms with van der Waals surface area (Å²) in [6.45, 7) is 2.12. The molecular formula is C23H27N5O3. The number of aromatic nitrogens is 2. The Morgan fingerprint density at radius 3 is 2.97 bits per heavy atom. The predicted octanol–water partition coefficient (Wildman–Crippen LogP) is 1.68. The van der Waals surface area contributed by atoms with Crippen molar-refractivity contribution < 1.29 is 14.6 Å². The van der Waals surface area contributed by atoms with Crippen LogP contribution in [-0.4, -0.2) is 71.3 Å². The summed E-state index contributed by atoms with van der Waals surface area (Å²) in [5.41, 5.74) is 7.55. The summed E-state index contributed by atoms with van der Waals surface area (Å²) in [5.74, 6) is 0.439. The first-order chi connectivity index (χ1) is 15.0. The smallest absolute Gasteiger partial charge is 0.253 e. The van der Waals surface area contributed by atoms with Crippen molar-refractivity contribution in [2.45, 2.75) is 12.0 Å². The molecule has 4 rings (SSSR count). The fourth-order valence-electron chi connectivity index (χ4n) is 4.04. The first-order valence-corrected chi connectivity index (χ1v) is 10.3. The molecule has 1 aromatic carbocycles. The van der Waals surface area contributed by atoms with Crippen LogP contribution in [-0.2, 0) is 0 Å². The SMILES string of the molecule is CN(C[C@@]1(O)CCN(c2ccnc3cccnc23)C1)C(=O)c1cccc(OCCN)c1. The molecule has 0 radical (unpaired) electrons. The Morgan fingerprint density at radius 2 is 2.13 bits per heavy atom. The van der Waals surface area contributed by atoms with Crippen LogP contribution in [0, 0.1) is 0 Å². The zero-order valence-electron chi connectivity index (χ0n) is 17.6. The van der Waals surface area contributed by atoms with Crippen LogP contribution in [0.25, 0.3) is 11.0 Å². The van der Waals surface area contributed by atoms with Gasteiger partial charge in [0.05, 0.1) is 17.7 Å². The van der Waals surface area contributed by atoms with Gasteiger partial charge in [-0.3, -0.25) is 14.8 Å². The second-order valence-corrected chi connectivity index (χ2v) is 7.92. The molecule has 0 bridgehead atoms. The molecule has 8 heteroatoms. The van der Waals surface area contributed by atoms with Crippen molar-refractivity contribution >= 4 is 22.6 Å². The number of carbonyl (C=O) groups is 1. The van der Waals surface area contributed by atoms with Gasteiger partial charge in [0.15, 0.2) is 0 Å². The van der Waals surface area contributed by atoms with E-state index in [4.69, 9.17) is 10.5 Å². The molecule has 1 aliphatic heterocycles. The second kappa shape index (κ2) is 8.87. The summed E-state index contributed by atoms with van der Waals surface area (Å²) in [4.78, 5) is 25.4. The van der Waals surface area contributed by atoms with Crippen molar-refractivity contribution in [3.63, 3.8) is 0 Å². The number of rotatable bonds is 7. The third kappa shape index (κ3) is 4.60. The largest absolute Gasteiger partial charge is 0.492 e. The molecule has 162 valence electrons. The molecule has 2 aromatic heterocycles. The van der Waals surface area contributed by atoms with Gasteiger partial charge in [0.25, 0.3) is 5.91 Å². The van der Waals surface area contributed by atoms with Crippen molar-refractivity contribution in [1.29, 1.82) is 0 Å². The molecule has 1 fully saturated rings. The number of anilines is 1. The number of nitrogens with zero attached hydrogens (tertiary/aromatic N) is 4. The Hall–Kier alpha value is -3.23. The summed E-state index contributed by atoms with van der Waals surface area (Å²) in [6, 6.07) is 12.7. The second-order valence-electron chi connectivity index (χ2n) is 7.92. The zero-order valence-corrected chi connectivity index (χ0v) is 17.6. The number of benzene rings is 1. The minimum atomic E-state index is -1.01. The van der Waals surface area contributed by atoms with E-state index >= 15 is 0 Å². The fraction of sp³-hybridized carbons (Fsp3) is 0.348. The van der Waals surface area contributed by atoms with E-state index in [1.165, 1.54) is 0 Å². The van der Waals surface area contributed by atoms with Gasteiger partial charge in [0.1, 0.15) is 23.5 Å². The van der Waals surface area contributed by atoms with Gasteiger partial charge < -0.3 is 25.4 Å². The lowest BCUT2D eigenvalue weighted by Crippen LogP contribution is -2.45. The molecule has 1 saturated heterocycles. The van der Waals surface area contributed by atoms with Gasteiger partial charge >= 0.3 is 0 Å². The standard InChI is InChI=1S/C23H27N5O3/c1-27(22(29)17-4-2-5-18(14-17)31-13-9-24)15-23(30)8-12-28(16-23)20-7-11-25-19-6-3-10-26-21(19)20/h2-7,10-11,14,30H,8-9,12-13,15-16,24H2,1H3/t23-/m0/s1. The van der Waals surface area contributed by atoms with Crippen LogP contribution in [0.1, 0.15) is 16.8 Å². The Labute approximate surface area is 181 Å². The van der Waals surface area contributed by atoms with Gasteiger partial charge in [-0.25, -0.2) is 0 Å². The number of amides is 1. The van der Waals surface area contributed by atoms with Gasteiger partial charge in [-0.2, -0.15) is 0 Å². The van der Waals surface area contributed by atoms with Gasteiger partial charge in [-0.1, -0.05) is 6.07 Å². The Balaban J connectivity index is 1.45. The lowest BCUT2D eigenvalue weighted by Gasteiger charge is -2.29. The number of hydrogen-bond donors (Lipinski definition) is 2. The van der Waals surface area contributed by atoms with Crippen LogP contribution in [0.5, 0.6) is 5.75 Å². The van der Waals surface area contributed by atoms with Crippen LogP contribution in [0.2, 0.25) is 0 Å². The molecule has 0 aliphatic carbocycles. The minimum Gasteiger partial charge on any atom is -0.492 e. The monoisotopic (exact) mass is 421 g/mol. The predicted molar refractivity (Wildman–Crippen MR) is 119 cm³/mol. The molecule has 31 heavy (non-hydrogen) atoms. The number of hydrogen-bond acceptors (Lipinski definition) is 7. The highest BCUT2D eigenvalue weighted by Gasteiger charge is 2.38. The number of nitrogens with two attached hydrogens (primary N) is 1. The third-order valence-electron chi connectivity index (χ3n) is 5.49. The maximum absolute atomic E-state index is 12.9. The molecule has 1 aliphatic rings. The molecule has 0 saturated carbocycles. The highest BCUT2D eigenvalue weighted by atomic mass is 16.5. The molecule has 3 heterocycles. The minimum absolute atomic E-state index is 0.166. The van der Waals surface area contributed by atoms with E-state index in [0.717, 1.165) is 16.7 Å². The van der Waals surface area contributed by atoms with Crippen molar-refractivity contribution in [2.24, 2.45) is 5.73 Å². The maximum atomic E-state index is 12.9. The quantitative estimate of drug-likeness (QED) is 0.598. The highest BCUT2D eigenvalue weighted by Crippen LogP contribution is 2.31. The highest BCUT2D eigenvalue weighted by molar-refractivity contribution is 5.94. The first-order valence-electron chi connectivity index (χ1n) is 10.3. The number of aliphatic hydroxyl groups is 1. The Morgan fingerprint density at radius 1 is 1.26 bits per heavy atom. The molecule has 0 unspecified atom stereocenters. The van der Waals surface area contributed by atoms with E-state index < -0.39 is 5.60 Å². The van der Waals surface area contributed by atoms with E-state index in [0.29, 0.717) is 44.0 Å². The Bertz CT molecular complexity index is 1070. The van der Waals surface area contributed by atoms with E-state index in [9.17, 15) is 9.90 Å². The van der Waals surface area contributed by atoms with Crippen molar-refractivity contribution in [2.75, 3.05) is 44.7 Å². The van der Waals surface area contributed by atoms with Crippen molar-refractivity contribution in [3.05, 3.63) is 60.4 Å². The Kier molecular flexibility index (Phi) is 6.01. The van der Waals surface area contributed by atoms with E-state index in [1.807, 2.05) is 18.2 Å². The lowest BCUT2D eigenvalue weighted by atomic mass is 10.0. The van der Waals surface area contributed by atoms with E-state index in [2.05, 4.69) is 14.9 Å². The summed E-state index contributed by atoms with van der Waals surface area (Å²) in [7, 11) is 1.71. The van der Waals surface area contributed by atoms with E-state index in [-0.39, 0.29) is 12.5 Å². The van der Waals surface area contributed by atoms with Crippen LogP contribution in [0.15, 0.2) is 54.9 Å². The van der Waals surface area contributed by atoms with Crippen LogP contribution in [0.4, 0.5) is 5.69 Å². The van der Waals surface area contributed by atoms with Crippen LogP contribution >= 0.6 is 0 Å². The van der Waals surface area contributed by atoms with E-state index in [1.54, 1.807) is 48.6 Å². The van der Waals surface area contributed by atoms with Gasteiger partial charge in [-0.15, -0.1) is 0 Å². The van der Waals surface area contributed by atoms with Gasteiger partial charge in [0.2, 0.25) is 0 Å². The number of β-amino-alcohol motifs (C(OH)–C–C–N with tert-alkyl or cyclic N) is 1. The van der Waals surface area contributed by atoms with Gasteiger partial charge in [0, 0.05) is 44.6 Å². The number of likely N-dealkylation sites (N-methyl/N-ethyl adjacent to an activating group) is 1. The summed E-state index contributed by atoms with van der Waals surface area (Å²) in [6.07, 6.45) is 4.06. The van der Waals surface area contributed by atoms with Crippen LogP contribution in [0.3, 0.4) is 0 Å².